The van der Waals surface area contributed by atoms with E-state index in [0.717, 1.165) is 38.5 Å². The fourth-order valence-electron chi connectivity index (χ4n) is 6.19. The Morgan fingerprint density at radius 2 is 1.43 bits per heavy atom. The predicted octanol–water partition coefficient (Wildman–Crippen LogP) is 6.82. The second-order valence-corrected chi connectivity index (χ2v) is 15.2. The van der Waals surface area contributed by atoms with Crippen molar-refractivity contribution in [1.82, 2.24) is 0 Å². The number of carbonyl (C=O) groups excluding carboxylic acids is 2. The molecule has 1 saturated carbocycles. The van der Waals surface area contributed by atoms with Crippen LogP contribution in [0.2, 0.25) is 0 Å². The molecule has 6 N–H and O–H groups in total. The van der Waals surface area contributed by atoms with Crippen LogP contribution in [0.15, 0.2) is 24.3 Å². The van der Waals surface area contributed by atoms with Crippen LogP contribution >= 0.6 is 7.82 Å². The summed E-state index contributed by atoms with van der Waals surface area (Å²) in [4.78, 5) is 34.9. The van der Waals surface area contributed by atoms with E-state index < -0.39 is 50.8 Å². The van der Waals surface area contributed by atoms with Crippen molar-refractivity contribution in [2.45, 2.75) is 167 Å². The van der Waals surface area contributed by atoms with Crippen molar-refractivity contribution in [3.8, 4) is 0 Å². The van der Waals surface area contributed by atoms with Gasteiger partial charge in [-0.15, -0.1) is 0 Å². The van der Waals surface area contributed by atoms with Crippen LogP contribution in [0, 0.1) is 11.8 Å². The highest BCUT2D eigenvalue weighted by Gasteiger charge is 2.39. The summed E-state index contributed by atoms with van der Waals surface area (Å²) in [5, 5.41) is 31.2. The van der Waals surface area contributed by atoms with Gasteiger partial charge in [0.15, 0.2) is 6.10 Å². The zero-order valence-electron chi connectivity index (χ0n) is 31.4. The Labute approximate surface area is 307 Å². The maximum Gasteiger partial charge on any atom is 0.472 e. The first kappa shape index (κ1) is 47.4. The molecule has 1 aliphatic carbocycles. The van der Waals surface area contributed by atoms with Crippen molar-refractivity contribution in [3.05, 3.63) is 24.3 Å². The number of carbonyl (C=O) groups is 2. The third-order valence-corrected chi connectivity index (χ3v) is 10.2. The van der Waals surface area contributed by atoms with E-state index in [2.05, 4.69) is 13.8 Å². The smallest absolute Gasteiger partial charge is 0.461 e. The van der Waals surface area contributed by atoms with Gasteiger partial charge in [-0.25, -0.2) is 4.57 Å². The molecule has 13 heteroatoms. The molecule has 298 valence electrons. The van der Waals surface area contributed by atoms with Gasteiger partial charge in [-0.1, -0.05) is 128 Å². The summed E-state index contributed by atoms with van der Waals surface area (Å²) in [5.74, 6) is -1.72. The fourth-order valence-corrected chi connectivity index (χ4v) is 6.96. The van der Waals surface area contributed by atoms with Crippen LogP contribution in [0.25, 0.3) is 0 Å². The van der Waals surface area contributed by atoms with E-state index in [1.54, 1.807) is 24.3 Å². The minimum atomic E-state index is -4.45. The maximum atomic E-state index is 12.6. The van der Waals surface area contributed by atoms with Crippen LogP contribution in [0.4, 0.5) is 0 Å². The van der Waals surface area contributed by atoms with Gasteiger partial charge in [0.25, 0.3) is 0 Å². The monoisotopic (exact) mass is 747 g/mol. The van der Waals surface area contributed by atoms with Gasteiger partial charge >= 0.3 is 19.8 Å². The number of rotatable bonds is 32. The van der Waals surface area contributed by atoms with Gasteiger partial charge in [0.05, 0.1) is 37.9 Å². The number of phosphoric ester groups is 1. The molecule has 7 atom stereocenters. The molecule has 0 aromatic rings. The van der Waals surface area contributed by atoms with Gasteiger partial charge in [0.2, 0.25) is 0 Å². The Bertz CT molecular complexity index is 1010. The lowest BCUT2D eigenvalue weighted by Crippen LogP contribution is -2.29. The number of hydrogen-bond donors (Lipinski definition) is 5. The minimum absolute atomic E-state index is 0.0103. The zero-order chi connectivity index (χ0) is 37.7. The maximum absolute atomic E-state index is 12.6. The summed E-state index contributed by atoms with van der Waals surface area (Å²) >= 11 is 0. The highest BCUT2D eigenvalue weighted by atomic mass is 31.2. The third kappa shape index (κ3) is 24.3. The van der Waals surface area contributed by atoms with E-state index in [1.165, 1.54) is 51.4 Å². The molecule has 1 aliphatic rings. The summed E-state index contributed by atoms with van der Waals surface area (Å²) in [6, 6.07) is 0. The van der Waals surface area contributed by atoms with Gasteiger partial charge in [-0.2, -0.15) is 0 Å². The average molecular weight is 748 g/mol. The molecule has 0 heterocycles. The lowest BCUT2D eigenvalue weighted by atomic mass is 9.89. The van der Waals surface area contributed by atoms with Crippen molar-refractivity contribution in [1.29, 1.82) is 0 Å². The molecule has 12 nitrogen and oxygen atoms in total. The third-order valence-electron chi connectivity index (χ3n) is 9.19. The van der Waals surface area contributed by atoms with Crippen LogP contribution in [-0.4, -0.2) is 82.9 Å². The highest BCUT2D eigenvalue weighted by Crippen LogP contribution is 2.43. The fraction of sp³-hybridized carbons (Fsp3) is 0.842. The van der Waals surface area contributed by atoms with E-state index in [1.807, 2.05) is 0 Å². The molecule has 1 fully saturated rings. The molecular formula is C38H70NO11P. The number of aliphatic hydroxyl groups excluding tert-OH is 3. The van der Waals surface area contributed by atoms with E-state index in [0.29, 0.717) is 19.3 Å². The first-order valence-corrected chi connectivity index (χ1v) is 21.1. The first-order valence-electron chi connectivity index (χ1n) is 19.6. The number of nitrogens with two attached hydrogens (primary N) is 1. The molecule has 0 aromatic heterocycles. The number of ether oxygens (including phenoxy) is 2. The van der Waals surface area contributed by atoms with Crippen LogP contribution in [0.5, 0.6) is 0 Å². The molecule has 51 heavy (non-hydrogen) atoms. The van der Waals surface area contributed by atoms with Crippen molar-refractivity contribution in [3.63, 3.8) is 0 Å². The SMILES string of the molecule is CCCCCCCCCCCCCCC(=O)O[C@H](COC(=O)C/C=C\C[C@H]1[C@@H](/C=C/[C@H](O)CCCCC)[C@H](O)C[C@@H]1O)COP(=O)(O)OCCN. The normalized spacial score (nSPS) is 21.6. The number of hydrogen-bond acceptors (Lipinski definition) is 11. The Hall–Kier alpha value is -1.63. The molecule has 0 aromatic carbocycles. The topological polar surface area (TPSA) is 195 Å². The second kappa shape index (κ2) is 29.8. The molecule has 0 saturated heterocycles. The van der Waals surface area contributed by atoms with Crippen LogP contribution in [0.3, 0.4) is 0 Å². The highest BCUT2D eigenvalue weighted by molar-refractivity contribution is 7.47. The van der Waals surface area contributed by atoms with Gasteiger partial charge in [-0.05, 0) is 25.2 Å². The molecule has 0 radical (unpaired) electrons. The first-order chi connectivity index (χ1) is 24.5. The summed E-state index contributed by atoms with van der Waals surface area (Å²) in [7, 11) is -4.45. The summed E-state index contributed by atoms with van der Waals surface area (Å²) in [5.41, 5.74) is 5.32. The Morgan fingerprint density at radius 3 is 2.06 bits per heavy atom. The van der Waals surface area contributed by atoms with Crippen molar-refractivity contribution in [2.24, 2.45) is 17.6 Å². The van der Waals surface area contributed by atoms with E-state index in [9.17, 15) is 34.4 Å². The van der Waals surface area contributed by atoms with Gasteiger partial charge in [0.1, 0.15) is 6.61 Å². The molecule has 0 aliphatic heterocycles. The number of aliphatic hydroxyl groups is 3. The van der Waals surface area contributed by atoms with Crippen molar-refractivity contribution >= 4 is 19.8 Å². The number of esters is 2. The lowest BCUT2D eigenvalue weighted by molar-refractivity contribution is -0.160. The van der Waals surface area contributed by atoms with Crippen LogP contribution < -0.4 is 5.73 Å². The summed E-state index contributed by atoms with van der Waals surface area (Å²) < 4.78 is 32.6. The number of allylic oxidation sites excluding steroid dienone is 1. The second-order valence-electron chi connectivity index (χ2n) is 13.8. The summed E-state index contributed by atoms with van der Waals surface area (Å²) in [6.45, 7) is 3.23. The zero-order valence-corrected chi connectivity index (χ0v) is 32.3. The van der Waals surface area contributed by atoms with E-state index >= 15 is 0 Å². The standard InChI is InChI=1S/C38H70NO11P/c1-3-5-7-8-9-10-11-12-13-14-15-17-23-38(44)50-32(30-49-51(45,46)48-27-26-39)29-47-37(43)22-19-18-21-33-34(36(42)28-35(33)41)25-24-31(40)20-16-6-4-2/h18-19,24-25,31-36,40-42H,3-17,20-23,26-30,39H2,1-2H3,(H,45,46)/b19-18-,25-24+/t31-,32-,33+,34-,35+,36-/m1/s1. The molecule has 0 amide bonds. The summed E-state index contributed by atoms with van der Waals surface area (Å²) in [6.07, 6.45) is 22.0. The Kier molecular flexibility index (Phi) is 27.7. The average Bonchev–Trinajstić information content (AvgIpc) is 3.37. The van der Waals surface area contributed by atoms with E-state index in [4.69, 9.17) is 24.3 Å². The van der Waals surface area contributed by atoms with Gasteiger partial charge in [-0.3, -0.25) is 18.6 Å². The molecule has 1 unspecified atom stereocenters. The van der Waals surface area contributed by atoms with Crippen molar-refractivity contribution < 1.29 is 52.9 Å². The molecular weight excluding hydrogens is 677 g/mol. The molecule has 0 spiro atoms. The predicted molar refractivity (Wildman–Crippen MR) is 199 cm³/mol. The van der Waals surface area contributed by atoms with Gasteiger partial charge in [0, 0.05) is 25.3 Å². The van der Waals surface area contributed by atoms with E-state index in [-0.39, 0.29) is 50.9 Å². The largest absolute Gasteiger partial charge is 0.472 e. The van der Waals surface area contributed by atoms with Crippen LogP contribution in [-0.2, 0) is 32.7 Å². The Morgan fingerprint density at radius 1 is 0.824 bits per heavy atom. The lowest BCUT2D eigenvalue weighted by Gasteiger charge is -2.20. The minimum Gasteiger partial charge on any atom is -0.461 e. The van der Waals surface area contributed by atoms with Crippen molar-refractivity contribution in [2.75, 3.05) is 26.4 Å². The number of phosphoric acid groups is 1. The molecule has 0 bridgehead atoms. The van der Waals surface area contributed by atoms with Gasteiger partial charge < -0.3 is 35.4 Å². The van der Waals surface area contributed by atoms with Crippen LogP contribution in [0.1, 0.15) is 142 Å². The molecule has 1 rings (SSSR count). The Balaban J connectivity index is 2.52. The quantitative estimate of drug-likeness (QED) is 0.0209. The number of unbranched alkanes of at least 4 members (excludes halogenated alkanes) is 13.